The van der Waals surface area contributed by atoms with Gasteiger partial charge in [0, 0.05) is 14.1 Å². The van der Waals surface area contributed by atoms with Gasteiger partial charge >= 0.3 is 5.97 Å². The molecule has 1 N–H and O–H groups in total. The van der Waals surface area contributed by atoms with Crippen LogP contribution in [-0.4, -0.2) is 42.6 Å². The number of hydrogen-bond acceptors (Lipinski definition) is 3. The summed E-state index contributed by atoms with van der Waals surface area (Å²) in [6.07, 6.45) is 0.132. The lowest BCUT2D eigenvalue weighted by Gasteiger charge is -2.11. The summed E-state index contributed by atoms with van der Waals surface area (Å²) in [4.78, 5) is 23.2. The van der Waals surface area contributed by atoms with E-state index in [0.717, 1.165) is 6.07 Å². The molecule has 1 aromatic carbocycles. The van der Waals surface area contributed by atoms with Gasteiger partial charge in [0.2, 0.25) is 5.91 Å². The lowest BCUT2D eigenvalue weighted by molar-refractivity contribution is -0.129. The van der Waals surface area contributed by atoms with E-state index in [1.165, 1.54) is 17.0 Å². The molecule has 0 aliphatic carbocycles. The Labute approximate surface area is 104 Å². The van der Waals surface area contributed by atoms with Crippen LogP contribution in [0.2, 0.25) is 0 Å². The summed E-state index contributed by atoms with van der Waals surface area (Å²) in [6, 6.07) is 3.36. The van der Waals surface area contributed by atoms with Gasteiger partial charge in [-0.2, -0.15) is 0 Å². The fourth-order valence-electron chi connectivity index (χ4n) is 1.22. The maximum atomic E-state index is 13.4. The van der Waals surface area contributed by atoms with E-state index in [9.17, 15) is 14.0 Å². The number of carbonyl (C=O) groups is 2. The first kappa shape index (κ1) is 14.0. The normalized spacial score (nSPS) is 9.94. The zero-order valence-electron chi connectivity index (χ0n) is 10.1. The van der Waals surface area contributed by atoms with Crippen LogP contribution in [0.4, 0.5) is 4.39 Å². The summed E-state index contributed by atoms with van der Waals surface area (Å²) in [6.45, 7) is 0.0420. The number of aromatic carboxylic acids is 1. The molecular formula is C12H14FNO4. The van der Waals surface area contributed by atoms with Crippen LogP contribution in [0.5, 0.6) is 5.75 Å². The van der Waals surface area contributed by atoms with Gasteiger partial charge in [-0.25, -0.2) is 9.18 Å². The van der Waals surface area contributed by atoms with Crippen molar-refractivity contribution < 1.29 is 23.8 Å². The first-order valence-corrected chi connectivity index (χ1v) is 5.27. The topological polar surface area (TPSA) is 66.8 Å². The van der Waals surface area contributed by atoms with Gasteiger partial charge in [0.05, 0.1) is 18.6 Å². The number of ether oxygens (including phenoxy) is 1. The second kappa shape index (κ2) is 6.00. The monoisotopic (exact) mass is 255 g/mol. The molecule has 0 saturated carbocycles. The SMILES string of the molecule is CN(C)C(=O)CCOc1ccc(C(=O)O)cc1F. The van der Waals surface area contributed by atoms with Gasteiger partial charge < -0.3 is 14.7 Å². The molecule has 0 fully saturated rings. The van der Waals surface area contributed by atoms with Crippen molar-refractivity contribution in [3.8, 4) is 5.75 Å². The Balaban J connectivity index is 2.58. The second-order valence-corrected chi connectivity index (χ2v) is 3.84. The lowest BCUT2D eigenvalue weighted by Crippen LogP contribution is -2.23. The highest BCUT2D eigenvalue weighted by Crippen LogP contribution is 2.18. The Morgan fingerprint density at radius 1 is 1.39 bits per heavy atom. The van der Waals surface area contributed by atoms with Crippen LogP contribution >= 0.6 is 0 Å². The van der Waals surface area contributed by atoms with E-state index in [4.69, 9.17) is 9.84 Å². The third kappa shape index (κ3) is 3.73. The number of hydrogen-bond donors (Lipinski definition) is 1. The van der Waals surface area contributed by atoms with Crippen LogP contribution in [0.1, 0.15) is 16.8 Å². The van der Waals surface area contributed by atoms with Crippen molar-refractivity contribution in [3.05, 3.63) is 29.6 Å². The molecule has 5 nitrogen and oxygen atoms in total. The molecule has 0 bridgehead atoms. The summed E-state index contributed by atoms with van der Waals surface area (Å²) < 4.78 is 18.5. The van der Waals surface area contributed by atoms with Crippen molar-refractivity contribution in [2.45, 2.75) is 6.42 Å². The fraction of sp³-hybridized carbons (Fsp3) is 0.333. The molecule has 1 rings (SSSR count). The van der Waals surface area contributed by atoms with Gasteiger partial charge in [-0.05, 0) is 18.2 Å². The van der Waals surface area contributed by atoms with E-state index in [2.05, 4.69) is 0 Å². The average molecular weight is 255 g/mol. The highest BCUT2D eigenvalue weighted by Gasteiger charge is 2.10. The average Bonchev–Trinajstić information content (AvgIpc) is 2.30. The fourth-order valence-corrected chi connectivity index (χ4v) is 1.22. The van der Waals surface area contributed by atoms with Gasteiger partial charge in [0.25, 0.3) is 0 Å². The molecule has 0 radical (unpaired) electrons. The van der Waals surface area contributed by atoms with Gasteiger partial charge in [0.1, 0.15) is 0 Å². The van der Waals surface area contributed by atoms with Gasteiger partial charge in [0.15, 0.2) is 11.6 Å². The van der Waals surface area contributed by atoms with Gasteiger partial charge in [-0.1, -0.05) is 0 Å². The molecule has 0 saturated heterocycles. The number of benzene rings is 1. The second-order valence-electron chi connectivity index (χ2n) is 3.84. The van der Waals surface area contributed by atoms with E-state index >= 15 is 0 Å². The van der Waals surface area contributed by atoms with Crippen LogP contribution in [0.15, 0.2) is 18.2 Å². The summed E-state index contributed by atoms with van der Waals surface area (Å²) >= 11 is 0. The molecular weight excluding hydrogens is 241 g/mol. The van der Waals surface area contributed by atoms with Crippen LogP contribution in [0.3, 0.4) is 0 Å². The van der Waals surface area contributed by atoms with Crippen LogP contribution < -0.4 is 4.74 Å². The Kier molecular flexibility index (Phi) is 4.65. The van der Waals surface area contributed by atoms with E-state index in [0.29, 0.717) is 0 Å². The van der Waals surface area contributed by atoms with E-state index < -0.39 is 11.8 Å². The first-order valence-electron chi connectivity index (χ1n) is 5.27. The van der Waals surface area contributed by atoms with Crippen molar-refractivity contribution >= 4 is 11.9 Å². The van der Waals surface area contributed by atoms with Gasteiger partial charge in [-0.3, -0.25) is 4.79 Å². The molecule has 1 amide bonds. The van der Waals surface area contributed by atoms with Crippen molar-refractivity contribution in [2.24, 2.45) is 0 Å². The highest BCUT2D eigenvalue weighted by atomic mass is 19.1. The summed E-state index contributed by atoms with van der Waals surface area (Å²) in [5.74, 6) is -2.15. The molecule has 1 aromatic rings. The largest absolute Gasteiger partial charge is 0.490 e. The number of rotatable bonds is 5. The van der Waals surface area contributed by atoms with Crippen molar-refractivity contribution in [1.29, 1.82) is 0 Å². The molecule has 0 spiro atoms. The van der Waals surface area contributed by atoms with Crippen LogP contribution in [0, 0.1) is 5.82 Å². The molecule has 0 atom stereocenters. The maximum Gasteiger partial charge on any atom is 0.335 e. The molecule has 0 unspecified atom stereocenters. The third-order valence-corrected chi connectivity index (χ3v) is 2.25. The number of amides is 1. The lowest BCUT2D eigenvalue weighted by atomic mass is 10.2. The first-order chi connectivity index (χ1) is 8.41. The molecule has 6 heteroatoms. The Bertz CT molecular complexity index is 459. The molecule has 0 heterocycles. The predicted molar refractivity (Wildman–Crippen MR) is 62.2 cm³/mol. The van der Waals surface area contributed by atoms with E-state index in [-0.39, 0.29) is 30.2 Å². The summed E-state index contributed by atoms with van der Waals surface area (Å²) in [7, 11) is 3.23. The van der Waals surface area contributed by atoms with Crippen molar-refractivity contribution in [3.63, 3.8) is 0 Å². The Hall–Kier alpha value is -2.11. The minimum absolute atomic E-state index is 0.0420. The molecule has 98 valence electrons. The number of carboxylic acid groups (broad SMARTS) is 1. The molecule has 0 aliphatic rings. The number of carboxylic acids is 1. The quantitative estimate of drug-likeness (QED) is 0.863. The smallest absolute Gasteiger partial charge is 0.335 e. The highest BCUT2D eigenvalue weighted by molar-refractivity contribution is 5.87. The van der Waals surface area contributed by atoms with Gasteiger partial charge in [-0.15, -0.1) is 0 Å². The van der Waals surface area contributed by atoms with E-state index in [1.807, 2.05) is 0 Å². The summed E-state index contributed by atoms with van der Waals surface area (Å²) in [5.41, 5.74) is -0.149. The standard InChI is InChI=1S/C12H14FNO4/c1-14(2)11(15)5-6-18-10-4-3-8(12(16)17)7-9(10)13/h3-4,7H,5-6H2,1-2H3,(H,16,17). The Morgan fingerprint density at radius 2 is 2.06 bits per heavy atom. The number of nitrogens with zero attached hydrogens (tertiary/aromatic N) is 1. The minimum Gasteiger partial charge on any atom is -0.490 e. The van der Waals surface area contributed by atoms with E-state index in [1.54, 1.807) is 14.1 Å². The maximum absolute atomic E-state index is 13.4. The predicted octanol–water partition coefficient (Wildman–Crippen LogP) is 1.38. The Morgan fingerprint density at radius 3 is 2.56 bits per heavy atom. The molecule has 0 aromatic heterocycles. The van der Waals surface area contributed by atoms with Crippen LogP contribution in [0.25, 0.3) is 0 Å². The zero-order valence-corrected chi connectivity index (χ0v) is 10.1. The molecule has 0 aliphatic heterocycles. The number of halogens is 1. The van der Waals surface area contributed by atoms with Crippen molar-refractivity contribution in [2.75, 3.05) is 20.7 Å². The van der Waals surface area contributed by atoms with Crippen LogP contribution in [-0.2, 0) is 4.79 Å². The minimum atomic E-state index is -1.21. The number of carbonyl (C=O) groups excluding carboxylic acids is 1. The third-order valence-electron chi connectivity index (χ3n) is 2.25. The zero-order chi connectivity index (χ0) is 13.7. The molecule has 18 heavy (non-hydrogen) atoms. The van der Waals surface area contributed by atoms with Crippen molar-refractivity contribution in [1.82, 2.24) is 4.90 Å². The summed E-state index contributed by atoms with van der Waals surface area (Å²) in [5, 5.41) is 8.65.